The molecule has 0 aliphatic carbocycles. The van der Waals surface area contributed by atoms with Crippen LogP contribution in [0.25, 0.3) is 11.1 Å². The van der Waals surface area contributed by atoms with Crippen molar-refractivity contribution >= 4 is 5.91 Å². The molecule has 3 atom stereocenters. The van der Waals surface area contributed by atoms with Crippen LogP contribution in [0.1, 0.15) is 37.0 Å². The van der Waals surface area contributed by atoms with Gasteiger partial charge in [-0.3, -0.25) is 4.79 Å². The van der Waals surface area contributed by atoms with Crippen LogP contribution in [0.4, 0.5) is 4.39 Å². The number of hydrogen-bond donors (Lipinski definition) is 1. The van der Waals surface area contributed by atoms with Crippen LogP contribution in [0.15, 0.2) is 36.5 Å². The van der Waals surface area contributed by atoms with Crippen molar-refractivity contribution in [2.75, 3.05) is 46.5 Å². The van der Waals surface area contributed by atoms with E-state index in [9.17, 15) is 14.3 Å². The van der Waals surface area contributed by atoms with Gasteiger partial charge in [-0.05, 0) is 56.5 Å². The molecule has 1 N–H and O–H groups in total. The molecule has 1 fully saturated rings. The zero-order valence-corrected chi connectivity index (χ0v) is 20.8. The van der Waals surface area contributed by atoms with Crippen molar-refractivity contribution < 1.29 is 23.8 Å². The topological polar surface area (TPSA) is 75.1 Å². The van der Waals surface area contributed by atoms with E-state index in [4.69, 9.17) is 9.47 Å². The number of aliphatic hydroxyl groups excluding tert-OH is 1. The van der Waals surface area contributed by atoms with Crippen LogP contribution in [0.2, 0.25) is 0 Å². The van der Waals surface area contributed by atoms with Gasteiger partial charge in [0.15, 0.2) is 0 Å². The molecule has 4 rings (SSSR count). The average Bonchev–Trinajstić information content (AvgIpc) is 2.86. The third kappa shape index (κ3) is 6.18. The molecule has 8 heteroatoms. The van der Waals surface area contributed by atoms with Crippen molar-refractivity contribution in [2.24, 2.45) is 11.8 Å². The maximum Gasteiger partial charge on any atom is 0.259 e. The van der Waals surface area contributed by atoms with E-state index in [1.165, 1.54) is 12.1 Å². The maximum absolute atomic E-state index is 13.8. The van der Waals surface area contributed by atoms with Gasteiger partial charge in [-0.2, -0.15) is 0 Å². The molecule has 2 aliphatic rings. The largest absolute Gasteiger partial charge is 0.472 e. The summed E-state index contributed by atoms with van der Waals surface area (Å²) < 4.78 is 25.7. The third-order valence-electron chi connectivity index (χ3n) is 7.08. The number of aliphatic hydroxyl groups is 1. The number of rotatable bonds is 7. The van der Waals surface area contributed by atoms with E-state index in [-0.39, 0.29) is 42.3 Å². The van der Waals surface area contributed by atoms with Gasteiger partial charge in [-0.25, -0.2) is 9.37 Å². The number of carbonyl (C=O) groups excluding carboxylic acids is 1. The van der Waals surface area contributed by atoms with Crippen LogP contribution in [0.5, 0.6) is 5.88 Å². The Morgan fingerprint density at radius 2 is 2.00 bits per heavy atom. The molecule has 0 unspecified atom stereocenters. The summed E-state index contributed by atoms with van der Waals surface area (Å²) in [4.78, 5) is 22.1. The number of carbonyl (C=O) groups is 1. The smallest absolute Gasteiger partial charge is 0.259 e. The van der Waals surface area contributed by atoms with Gasteiger partial charge < -0.3 is 24.4 Å². The first-order valence-electron chi connectivity index (χ1n) is 12.5. The summed E-state index contributed by atoms with van der Waals surface area (Å²) >= 11 is 0. The second-order valence-corrected chi connectivity index (χ2v) is 9.99. The zero-order chi connectivity index (χ0) is 24.9. The van der Waals surface area contributed by atoms with E-state index in [2.05, 4.69) is 23.9 Å². The normalized spacial score (nSPS) is 22.3. The number of nitrogens with zero attached hydrogens (tertiary/aromatic N) is 3. The Morgan fingerprint density at radius 1 is 1.23 bits per heavy atom. The van der Waals surface area contributed by atoms with Crippen molar-refractivity contribution in [3.8, 4) is 17.0 Å². The monoisotopic (exact) mass is 485 g/mol. The highest BCUT2D eigenvalue weighted by atomic mass is 19.1. The van der Waals surface area contributed by atoms with Gasteiger partial charge in [0, 0.05) is 50.5 Å². The first kappa shape index (κ1) is 25.5. The number of pyridine rings is 1. The van der Waals surface area contributed by atoms with Gasteiger partial charge in [0.1, 0.15) is 17.5 Å². The minimum Gasteiger partial charge on any atom is -0.472 e. The lowest BCUT2D eigenvalue weighted by molar-refractivity contribution is 0.0254. The molecular formula is C27H36FN3O4. The van der Waals surface area contributed by atoms with E-state index in [0.717, 1.165) is 32.6 Å². The van der Waals surface area contributed by atoms with Gasteiger partial charge in [-0.15, -0.1) is 0 Å². The van der Waals surface area contributed by atoms with E-state index < -0.39 is 0 Å². The highest BCUT2D eigenvalue weighted by Crippen LogP contribution is 2.30. The summed E-state index contributed by atoms with van der Waals surface area (Å²) in [6.07, 6.45) is 3.56. The van der Waals surface area contributed by atoms with Crippen molar-refractivity contribution in [3.63, 3.8) is 0 Å². The van der Waals surface area contributed by atoms with Gasteiger partial charge in [0.05, 0.1) is 12.6 Å². The highest BCUT2D eigenvalue weighted by molar-refractivity contribution is 5.98. The lowest BCUT2D eigenvalue weighted by atomic mass is 9.97. The Morgan fingerprint density at radius 3 is 2.71 bits per heavy atom. The summed E-state index contributed by atoms with van der Waals surface area (Å²) in [5, 5.41) is 9.86. The van der Waals surface area contributed by atoms with Crippen LogP contribution in [-0.4, -0.2) is 84.4 Å². The fourth-order valence-corrected chi connectivity index (χ4v) is 4.90. The van der Waals surface area contributed by atoms with Crippen LogP contribution in [0.3, 0.4) is 0 Å². The molecule has 1 aromatic carbocycles. The molecule has 3 heterocycles. The second-order valence-electron chi connectivity index (χ2n) is 9.99. The number of fused-ring (bicyclic) bond motifs is 1. The molecule has 2 aliphatic heterocycles. The Bertz CT molecular complexity index is 1010. The van der Waals surface area contributed by atoms with Crippen LogP contribution < -0.4 is 4.74 Å². The minimum absolute atomic E-state index is 0.0305. The number of benzene rings is 1. The Kier molecular flexibility index (Phi) is 8.36. The molecular weight excluding hydrogens is 449 g/mol. The zero-order valence-electron chi connectivity index (χ0n) is 20.8. The molecule has 0 spiro atoms. The molecule has 35 heavy (non-hydrogen) atoms. The first-order valence-corrected chi connectivity index (χ1v) is 12.5. The Hall–Kier alpha value is -2.55. The molecule has 1 saturated heterocycles. The summed E-state index contributed by atoms with van der Waals surface area (Å²) in [6, 6.07) is 7.58. The lowest BCUT2D eigenvalue weighted by Crippen LogP contribution is -2.50. The number of halogens is 1. The molecule has 0 radical (unpaired) electrons. The number of ether oxygens (including phenoxy) is 2. The predicted molar refractivity (Wildman–Crippen MR) is 132 cm³/mol. The van der Waals surface area contributed by atoms with Crippen molar-refractivity contribution in [2.45, 2.75) is 38.8 Å². The van der Waals surface area contributed by atoms with Crippen LogP contribution in [0, 0.1) is 17.7 Å². The number of aromatic nitrogens is 1. The van der Waals surface area contributed by atoms with E-state index in [1.54, 1.807) is 29.3 Å². The average molecular weight is 486 g/mol. The van der Waals surface area contributed by atoms with Gasteiger partial charge >= 0.3 is 0 Å². The Balaban J connectivity index is 1.62. The van der Waals surface area contributed by atoms with Crippen molar-refractivity contribution in [1.29, 1.82) is 0 Å². The third-order valence-corrected chi connectivity index (χ3v) is 7.08. The fourth-order valence-electron chi connectivity index (χ4n) is 4.90. The standard InChI is InChI=1S/C27H36FN3O4/c1-18-14-31(19(2)17-32)27(33)24-12-22(21-5-4-6-23(28)11-21)13-29-26(24)35-25(18)16-30(3)15-20-7-9-34-10-8-20/h4-6,11-13,18-20,25,32H,7-10,14-17H2,1-3H3/t18-,19+,25+/m0/s1. The van der Waals surface area contributed by atoms with Crippen molar-refractivity contribution in [1.82, 2.24) is 14.8 Å². The summed E-state index contributed by atoms with van der Waals surface area (Å²) in [5.74, 6) is 0.315. The number of likely N-dealkylation sites (N-methyl/N-ethyl adjacent to an activating group) is 1. The number of amides is 1. The van der Waals surface area contributed by atoms with Gasteiger partial charge in [0.25, 0.3) is 5.91 Å². The highest BCUT2D eigenvalue weighted by Gasteiger charge is 2.34. The van der Waals surface area contributed by atoms with Crippen molar-refractivity contribution in [3.05, 3.63) is 47.9 Å². The maximum atomic E-state index is 13.8. The predicted octanol–water partition coefficient (Wildman–Crippen LogP) is 3.47. The van der Waals surface area contributed by atoms with E-state index >= 15 is 0 Å². The second kappa shape index (κ2) is 11.5. The summed E-state index contributed by atoms with van der Waals surface area (Å²) in [6.45, 7) is 7.52. The Labute approximate surface area is 206 Å². The molecule has 1 aromatic heterocycles. The summed E-state index contributed by atoms with van der Waals surface area (Å²) in [7, 11) is 2.10. The molecule has 190 valence electrons. The van der Waals surface area contributed by atoms with Crippen LogP contribution >= 0.6 is 0 Å². The molecule has 0 bridgehead atoms. The lowest BCUT2D eigenvalue weighted by Gasteiger charge is -2.38. The quantitative estimate of drug-likeness (QED) is 0.648. The molecule has 7 nitrogen and oxygen atoms in total. The fraction of sp³-hybridized carbons (Fsp3) is 0.556. The first-order chi connectivity index (χ1) is 16.9. The van der Waals surface area contributed by atoms with E-state index in [1.807, 2.05) is 6.92 Å². The summed E-state index contributed by atoms with van der Waals surface area (Å²) in [5.41, 5.74) is 1.60. The van der Waals surface area contributed by atoms with Gasteiger partial charge in [0.2, 0.25) is 5.88 Å². The van der Waals surface area contributed by atoms with E-state index in [0.29, 0.717) is 35.7 Å². The molecule has 2 aromatic rings. The van der Waals surface area contributed by atoms with Crippen LogP contribution in [-0.2, 0) is 4.74 Å². The molecule has 1 amide bonds. The minimum atomic E-state index is -0.353. The molecule has 0 saturated carbocycles. The SMILES string of the molecule is C[C@H](CO)N1C[C@H](C)[C@@H](CN(C)CC2CCOCC2)Oc2ncc(-c3cccc(F)c3)cc2C1=O. The van der Waals surface area contributed by atoms with Gasteiger partial charge in [-0.1, -0.05) is 19.1 Å². The number of hydrogen-bond acceptors (Lipinski definition) is 6.